The number of carbonyl (C=O) groups is 1. The van der Waals surface area contributed by atoms with Gasteiger partial charge in [0.2, 0.25) is 0 Å². The number of hydrogen-bond donors (Lipinski definition) is 2. The number of ether oxygens (including phenoxy) is 1. The van der Waals surface area contributed by atoms with Crippen molar-refractivity contribution < 1.29 is 14.6 Å². The third-order valence-electron chi connectivity index (χ3n) is 7.03. The number of aliphatic carboxylic acids is 1. The van der Waals surface area contributed by atoms with Crippen LogP contribution in [-0.2, 0) is 4.79 Å². The maximum absolute atomic E-state index is 12.7. The molecule has 1 heterocycles. The van der Waals surface area contributed by atoms with Gasteiger partial charge in [0.05, 0.1) is 10.9 Å². The molecule has 2 aromatic rings. The highest BCUT2D eigenvalue weighted by atomic mass is 35.5. The minimum atomic E-state index is -0.769. The van der Waals surface area contributed by atoms with E-state index in [1.807, 2.05) is 30.3 Å². The van der Waals surface area contributed by atoms with Gasteiger partial charge in [-0.05, 0) is 74.1 Å². The minimum absolute atomic E-state index is 0.00587. The number of carboxylic acids is 1. The molecule has 3 fully saturated rings. The van der Waals surface area contributed by atoms with E-state index in [1.165, 1.54) is 12.8 Å². The lowest BCUT2D eigenvalue weighted by molar-refractivity contribution is -0.147. The van der Waals surface area contributed by atoms with E-state index in [9.17, 15) is 9.59 Å². The fourth-order valence-corrected chi connectivity index (χ4v) is 5.09. The second kappa shape index (κ2) is 8.78. The average molecular weight is 454 g/mol. The van der Waals surface area contributed by atoms with Crippen LogP contribution < -0.4 is 10.3 Å². The minimum Gasteiger partial charge on any atom is -0.489 e. The molecule has 32 heavy (non-hydrogen) atoms. The van der Waals surface area contributed by atoms with Gasteiger partial charge in [0.15, 0.2) is 0 Å². The smallest absolute Gasteiger partial charge is 0.306 e. The van der Waals surface area contributed by atoms with Gasteiger partial charge in [0.1, 0.15) is 11.9 Å². The number of nitrogens with one attached hydrogen (secondary N) is 1. The molecule has 3 aliphatic rings. The summed E-state index contributed by atoms with van der Waals surface area (Å²) in [4.78, 5) is 26.8. The van der Waals surface area contributed by atoms with Crippen LogP contribution in [-0.4, -0.2) is 22.2 Å². The summed E-state index contributed by atoms with van der Waals surface area (Å²) in [5, 5.41) is 9.55. The summed E-state index contributed by atoms with van der Waals surface area (Å²) >= 11 is 6.57. The van der Waals surface area contributed by atoms with E-state index in [2.05, 4.69) is 11.1 Å². The van der Waals surface area contributed by atoms with Crippen LogP contribution in [0.15, 0.2) is 41.2 Å². The van der Waals surface area contributed by atoms with Crippen molar-refractivity contribution in [2.24, 2.45) is 11.8 Å². The number of aromatic amines is 1. The van der Waals surface area contributed by atoms with Crippen LogP contribution in [0.4, 0.5) is 0 Å². The predicted octanol–water partition coefficient (Wildman–Crippen LogP) is 5.77. The fourth-order valence-electron chi connectivity index (χ4n) is 4.87. The molecule has 2 N–H and O–H groups in total. The van der Waals surface area contributed by atoms with Gasteiger partial charge in [-0.1, -0.05) is 42.7 Å². The Hall–Kier alpha value is -2.53. The zero-order valence-corrected chi connectivity index (χ0v) is 18.7. The number of rotatable bonds is 7. The summed E-state index contributed by atoms with van der Waals surface area (Å²) in [6, 6.07) is 9.71. The van der Waals surface area contributed by atoms with Crippen LogP contribution >= 0.6 is 11.6 Å². The van der Waals surface area contributed by atoms with Gasteiger partial charge in [-0.2, -0.15) is 0 Å². The number of hydrogen-bond acceptors (Lipinski definition) is 3. The van der Waals surface area contributed by atoms with E-state index < -0.39 is 5.97 Å². The second-order valence-corrected chi connectivity index (χ2v) is 9.85. The van der Waals surface area contributed by atoms with Gasteiger partial charge in [-0.15, -0.1) is 0 Å². The first-order valence-corrected chi connectivity index (χ1v) is 12.0. The summed E-state index contributed by atoms with van der Waals surface area (Å²) < 4.78 is 5.93. The first-order valence-electron chi connectivity index (χ1n) is 11.6. The molecule has 0 unspecified atom stereocenters. The predicted molar refractivity (Wildman–Crippen MR) is 124 cm³/mol. The first-order chi connectivity index (χ1) is 15.5. The molecule has 5 rings (SSSR count). The zero-order valence-electron chi connectivity index (χ0n) is 18.0. The van der Waals surface area contributed by atoms with Crippen molar-refractivity contribution in [2.45, 2.75) is 63.4 Å². The second-order valence-electron chi connectivity index (χ2n) is 9.45. The van der Waals surface area contributed by atoms with Crippen molar-refractivity contribution in [3.8, 4) is 5.75 Å². The number of aromatic nitrogens is 1. The Morgan fingerprint density at radius 1 is 1.09 bits per heavy atom. The standard InChI is InChI=1S/C26H28ClNO4/c27-22-14-17(7-10-24(22)32-19-12-18(13-19)26(30)31)21(11-15-3-1-2-4-15)23-9-8-20(16-5-6-16)25(29)28-23/h7-11,14-16,18-19H,1-6,12-13H2,(H,28,29)(H,30,31)/b21-11+. The summed E-state index contributed by atoms with van der Waals surface area (Å²) in [7, 11) is 0. The summed E-state index contributed by atoms with van der Waals surface area (Å²) in [5.41, 5.74) is 3.65. The number of pyridine rings is 1. The van der Waals surface area contributed by atoms with Gasteiger partial charge >= 0.3 is 5.97 Å². The Kier molecular flexibility index (Phi) is 5.85. The lowest BCUT2D eigenvalue weighted by Crippen LogP contribution is -2.38. The number of allylic oxidation sites excluding steroid dienone is 1. The molecule has 168 valence electrons. The molecular formula is C26H28ClNO4. The number of carboxylic acid groups (broad SMARTS) is 1. The molecular weight excluding hydrogens is 426 g/mol. The Bertz CT molecular complexity index is 1110. The quantitative estimate of drug-likeness (QED) is 0.557. The van der Waals surface area contributed by atoms with Crippen molar-refractivity contribution in [3.05, 3.63) is 68.6 Å². The van der Waals surface area contributed by atoms with Crippen LogP contribution in [0.3, 0.4) is 0 Å². The molecule has 0 atom stereocenters. The first kappa shape index (κ1) is 21.3. The van der Waals surface area contributed by atoms with Crippen molar-refractivity contribution in [2.75, 3.05) is 0 Å². The molecule has 5 nitrogen and oxygen atoms in total. The molecule has 3 saturated carbocycles. The van der Waals surface area contributed by atoms with Crippen molar-refractivity contribution >= 4 is 23.1 Å². The van der Waals surface area contributed by atoms with E-state index in [0.29, 0.717) is 35.4 Å². The van der Waals surface area contributed by atoms with E-state index in [4.69, 9.17) is 21.4 Å². The Balaban J connectivity index is 1.41. The van der Waals surface area contributed by atoms with Gasteiger partial charge in [0.25, 0.3) is 5.56 Å². The van der Waals surface area contributed by atoms with Crippen LogP contribution in [0.2, 0.25) is 5.02 Å². The van der Waals surface area contributed by atoms with Crippen LogP contribution in [0, 0.1) is 11.8 Å². The molecule has 1 aromatic heterocycles. The molecule has 3 aliphatic carbocycles. The summed E-state index contributed by atoms with van der Waals surface area (Å²) in [6.45, 7) is 0. The highest BCUT2D eigenvalue weighted by molar-refractivity contribution is 6.32. The zero-order chi connectivity index (χ0) is 22.2. The van der Waals surface area contributed by atoms with Gasteiger partial charge in [-0.25, -0.2) is 0 Å². The van der Waals surface area contributed by atoms with E-state index in [-0.39, 0.29) is 17.6 Å². The highest BCUT2D eigenvalue weighted by Crippen LogP contribution is 2.40. The topological polar surface area (TPSA) is 79.4 Å². The summed E-state index contributed by atoms with van der Waals surface area (Å²) in [6.07, 6.45) is 10.2. The average Bonchev–Trinajstić information content (AvgIpc) is 3.44. The lowest BCUT2D eigenvalue weighted by atomic mass is 9.82. The van der Waals surface area contributed by atoms with E-state index in [0.717, 1.165) is 48.1 Å². The fraction of sp³-hybridized carbons (Fsp3) is 0.462. The maximum atomic E-state index is 12.7. The van der Waals surface area contributed by atoms with Crippen LogP contribution in [0.5, 0.6) is 5.75 Å². The van der Waals surface area contributed by atoms with Crippen molar-refractivity contribution in [3.63, 3.8) is 0 Å². The molecule has 0 aliphatic heterocycles. The lowest BCUT2D eigenvalue weighted by Gasteiger charge is -2.32. The van der Waals surface area contributed by atoms with Gasteiger partial charge < -0.3 is 14.8 Å². The monoisotopic (exact) mass is 453 g/mol. The molecule has 0 spiro atoms. The molecule has 6 heteroatoms. The molecule has 0 amide bonds. The van der Waals surface area contributed by atoms with Gasteiger partial charge in [0, 0.05) is 16.8 Å². The third kappa shape index (κ3) is 4.49. The third-order valence-corrected chi connectivity index (χ3v) is 7.33. The van der Waals surface area contributed by atoms with Crippen molar-refractivity contribution in [1.29, 1.82) is 0 Å². The maximum Gasteiger partial charge on any atom is 0.306 e. The molecule has 0 saturated heterocycles. The molecule has 1 aromatic carbocycles. The van der Waals surface area contributed by atoms with E-state index in [1.54, 1.807) is 0 Å². The Morgan fingerprint density at radius 3 is 2.47 bits per heavy atom. The normalized spacial score (nSPS) is 23.7. The molecule has 0 radical (unpaired) electrons. The Morgan fingerprint density at radius 2 is 1.84 bits per heavy atom. The molecule has 0 bridgehead atoms. The Labute approximate surface area is 192 Å². The number of benzene rings is 1. The largest absolute Gasteiger partial charge is 0.489 e. The van der Waals surface area contributed by atoms with E-state index >= 15 is 0 Å². The van der Waals surface area contributed by atoms with Crippen molar-refractivity contribution in [1.82, 2.24) is 4.98 Å². The number of halogens is 1. The van der Waals surface area contributed by atoms with Crippen LogP contribution in [0.25, 0.3) is 5.57 Å². The summed E-state index contributed by atoms with van der Waals surface area (Å²) in [5.74, 6) is 0.383. The number of H-pyrrole nitrogens is 1. The van der Waals surface area contributed by atoms with Gasteiger partial charge in [-0.3, -0.25) is 9.59 Å². The SMILES string of the molecule is O=C(O)C1CC(Oc2ccc(/C(=C\C3CCCC3)c3ccc(C4CC4)c(=O)[nH]3)cc2Cl)C1. The highest BCUT2D eigenvalue weighted by Gasteiger charge is 2.36. The van der Waals surface area contributed by atoms with Crippen LogP contribution in [0.1, 0.15) is 74.1 Å².